The average Bonchev–Trinajstić information content (AvgIpc) is 4.10. The van der Waals surface area contributed by atoms with E-state index in [0.717, 1.165) is 17.6 Å². The second-order valence-electron chi connectivity index (χ2n) is 22.1. The molecule has 6 aliphatic rings. The first-order valence-electron chi connectivity index (χ1n) is 25.4. The minimum absolute atomic E-state index is 0.00278. The first-order valence-corrected chi connectivity index (χ1v) is 25.4. The van der Waals surface area contributed by atoms with Crippen molar-refractivity contribution < 1.29 is 4.42 Å². The molecular formula is C65H56N2O. The summed E-state index contributed by atoms with van der Waals surface area (Å²) >= 11 is 0. The summed E-state index contributed by atoms with van der Waals surface area (Å²) in [6.45, 7) is 10.1. The molecule has 3 heteroatoms. The number of furan rings is 1. The van der Waals surface area contributed by atoms with Crippen LogP contribution >= 0.6 is 0 Å². The van der Waals surface area contributed by atoms with Gasteiger partial charge >= 0.3 is 0 Å². The van der Waals surface area contributed by atoms with Gasteiger partial charge in [0.1, 0.15) is 5.58 Å². The zero-order chi connectivity index (χ0) is 45.4. The highest BCUT2D eigenvalue weighted by molar-refractivity contribution is 6.20. The zero-order valence-corrected chi connectivity index (χ0v) is 39.6. The quantitative estimate of drug-likeness (QED) is 0.176. The fraction of sp³-hybridized carbons (Fsp3) is 0.262. The molecule has 3 nitrogen and oxygen atoms in total. The van der Waals surface area contributed by atoms with Crippen LogP contribution in [0.1, 0.15) is 112 Å². The summed E-state index contributed by atoms with van der Waals surface area (Å²) in [5.41, 5.74) is 22.7. The smallest absolute Gasteiger partial charge is 0.159 e. The van der Waals surface area contributed by atoms with Gasteiger partial charge in [0.25, 0.3) is 0 Å². The molecule has 1 aromatic heterocycles. The standard InChI is InChI=1S/C65H56N2O/c1-61-35-15-17-37-63(61,3)66(54-26-12-10-24-50(54)61)43-32-29-41(30-33-43)42-31-34-46-52(39-42)65(48-22-8-5-19-44(48)45-20-6-9-23-49(45)65)53-40-56(60-59(58(46)53)47-21-7-14-28-57(47)68-60)67-55-27-13-11-25-51(55)62(2)36-16-18-38-64(62,67)4/h5-14,19-34,39-40H,15-18,35-38H2,1-4H3. The van der Waals surface area contributed by atoms with E-state index in [9.17, 15) is 0 Å². The van der Waals surface area contributed by atoms with Crippen LogP contribution in [0.3, 0.4) is 0 Å². The summed E-state index contributed by atoms with van der Waals surface area (Å²) < 4.78 is 7.27. The maximum absolute atomic E-state index is 7.27. The van der Waals surface area contributed by atoms with Crippen molar-refractivity contribution >= 4 is 44.7 Å². The molecular weight excluding hydrogens is 825 g/mol. The van der Waals surface area contributed by atoms with Crippen molar-refractivity contribution in [3.8, 4) is 33.4 Å². The summed E-state index contributed by atoms with van der Waals surface area (Å²) in [6, 6.07) is 65.4. The summed E-state index contributed by atoms with van der Waals surface area (Å²) in [5.74, 6) is 0. The molecule has 0 bridgehead atoms. The summed E-state index contributed by atoms with van der Waals surface area (Å²) in [7, 11) is 0. The molecule has 4 atom stereocenters. The van der Waals surface area contributed by atoms with Gasteiger partial charge in [-0.15, -0.1) is 0 Å². The molecule has 8 aromatic carbocycles. The average molecular weight is 881 g/mol. The van der Waals surface area contributed by atoms with Crippen molar-refractivity contribution in [2.24, 2.45) is 0 Å². The van der Waals surface area contributed by atoms with Crippen molar-refractivity contribution in [1.82, 2.24) is 0 Å². The molecule has 0 amide bonds. The van der Waals surface area contributed by atoms with Crippen LogP contribution in [-0.4, -0.2) is 11.1 Å². The minimum atomic E-state index is -0.551. The summed E-state index contributed by atoms with van der Waals surface area (Å²) in [5, 5.41) is 2.41. The third kappa shape index (κ3) is 4.49. The van der Waals surface area contributed by atoms with Gasteiger partial charge in [0.15, 0.2) is 5.58 Å². The van der Waals surface area contributed by atoms with E-state index in [-0.39, 0.29) is 21.9 Å². The maximum Gasteiger partial charge on any atom is 0.159 e. The number of nitrogens with zero attached hydrogens (tertiary/aromatic N) is 2. The van der Waals surface area contributed by atoms with Crippen LogP contribution in [0.2, 0.25) is 0 Å². The van der Waals surface area contributed by atoms with E-state index in [0.29, 0.717) is 0 Å². The summed E-state index contributed by atoms with van der Waals surface area (Å²) in [4.78, 5) is 5.44. The van der Waals surface area contributed by atoms with Crippen molar-refractivity contribution in [1.29, 1.82) is 0 Å². The lowest BCUT2D eigenvalue weighted by molar-refractivity contribution is 0.195. The van der Waals surface area contributed by atoms with E-state index in [1.165, 1.54) is 145 Å². The number of anilines is 4. The van der Waals surface area contributed by atoms with E-state index < -0.39 is 5.41 Å². The molecule has 0 N–H and O–H groups in total. The molecule has 2 aliphatic heterocycles. The Bertz CT molecular complexity index is 3590. The molecule has 4 unspecified atom stereocenters. The molecule has 332 valence electrons. The Morgan fingerprint density at radius 2 is 0.941 bits per heavy atom. The van der Waals surface area contributed by atoms with Crippen LogP contribution in [0.4, 0.5) is 22.7 Å². The Hall–Kier alpha value is -6.84. The maximum atomic E-state index is 7.27. The topological polar surface area (TPSA) is 19.6 Å². The van der Waals surface area contributed by atoms with Crippen LogP contribution in [0, 0.1) is 0 Å². The highest BCUT2D eigenvalue weighted by Crippen LogP contribution is 2.68. The van der Waals surface area contributed by atoms with Crippen LogP contribution in [0.15, 0.2) is 174 Å². The molecule has 2 saturated carbocycles. The molecule has 0 saturated heterocycles. The Morgan fingerprint density at radius 1 is 0.412 bits per heavy atom. The van der Waals surface area contributed by atoms with Crippen LogP contribution in [0.5, 0.6) is 0 Å². The Balaban J connectivity index is 0.983. The van der Waals surface area contributed by atoms with Crippen molar-refractivity contribution in [2.75, 3.05) is 9.80 Å². The number of benzene rings is 8. The lowest BCUT2D eigenvalue weighted by Crippen LogP contribution is -2.54. The molecule has 68 heavy (non-hydrogen) atoms. The Morgan fingerprint density at radius 3 is 1.60 bits per heavy atom. The van der Waals surface area contributed by atoms with Gasteiger partial charge in [-0.1, -0.05) is 167 Å². The van der Waals surface area contributed by atoms with E-state index in [1.807, 2.05) is 0 Å². The highest BCUT2D eigenvalue weighted by atomic mass is 16.3. The van der Waals surface area contributed by atoms with Gasteiger partial charge in [0, 0.05) is 38.7 Å². The van der Waals surface area contributed by atoms with Gasteiger partial charge in [0.05, 0.1) is 22.2 Å². The van der Waals surface area contributed by atoms with Crippen molar-refractivity contribution in [3.05, 3.63) is 203 Å². The monoisotopic (exact) mass is 880 g/mol. The van der Waals surface area contributed by atoms with Gasteiger partial charge in [0.2, 0.25) is 0 Å². The fourth-order valence-corrected chi connectivity index (χ4v) is 15.8. The second kappa shape index (κ2) is 13.2. The van der Waals surface area contributed by atoms with E-state index >= 15 is 0 Å². The number of hydrogen-bond donors (Lipinski definition) is 0. The molecule has 1 spiro atoms. The number of rotatable bonds is 3. The normalized spacial score (nSPS) is 25.5. The molecule has 15 rings (SSSR count). The van der Waals surface area contributed by atoms with Crippen LogP contribution < -0.4 is 9.80 Å². The molecule has 3 heterocycles. The molecule has 0 radical (unpaired) electrons. The van der Waals surface area contributed by atoms with Crippen molar-refractivity contribution in [2.45, 2.75) is 106 Å². The van der Waals surface area contributed by atoms with Gasteiger partial charge in [-0.25, -0.2) is 0 Å². The Kier molecular flexibility index (Phi) is 7.62. The largest absolute Gasteiger partial charge is 0.454 e. The Labute approximate surface area is 400 Å². The van der Waals surface area contributed by atoms with Crippen LogP contribution in [0.25, 0.3) is 55.3 Å². The first kappa shape index (κ1) is 39.2. The predicted molar refractivity (Wildman–Crippen MR) is 281 cm³/mol. The third-order valence-corrected chi connectivity index (χ3v) is 19.4. The van der Waals surface area contributed by atoms with Gasteiger partial charge in [-0.05, 0) is 149 Å². The zero-order valence-electron chi connectivity index (χ0n) is 39.6. The first-order chi connectivity index (χ1) is 33.2. The van der Waals surface area contributed by atoms with Gasteiger partial charge in [-0.3, -0.25) is 0 Å². The SMILES string of the molecule is CC12CCCCC1(C)N(c1ccc(-c3ccc4c(c3)C3(c5ccccc5-c5ccccc53)c3cc(N5c6ccccc6C6(C)CCCCC56C)c5oc6ccccc6c5c3-4)cc1)c1ccccc12. The lowest BCUT2D eigenvalue weighted by Gasteiger charge is -2.50. The van der Waals surface area contributed by atoms with E-state index in [4.69, 9.17) is 4.42 Å². The van der Waals surface area contributed by atoms with Gasteiger partial charge < -0.3 is 14.2 Å². The molecule has 4 aliphatic carbocycles. The molecule has 2 fully saturated rings. The van der Waals surface area contributed by atoms with E-state index in [2.05, 4.69) is 207 Å². The minimum Gasteiger partial charge on any atom is -0.454 e. The fourth-order valence-electron chi connectivity index (χ4n) is 15.8. The second-order valence-corrected chi connectivity index (χ2v) is 22.1. The highest BCUT2D eigenvalue weighted by Gasteiger charge is 2.60. The van der Waals surface area contributed by atoms with E-state index in [1.54, 1.807) is 0 Å². The predicted octanol–water partition coefficient (Wildman–Crippen LogP) is 17.1. The number of para-hydroxylation sites is 3. The van der Waals surface area contributed by atoms with Crippen LogP contribution in [-0.2, 0) is 16.2 Å². The lowest BCUT2D eigenvalue weighted by atomic mass is 9.61. The molecule has 9 aromatic rings. The van der Waals surface area contributed by atoms with Crippen molar-refractivity contribution in [3.63, 3.8) is 0 Å². The number of fused-ring (bicyclic) bond motifs is 20. The number of hydrogen-bond acceptors (Lipinski definition) is 3. The summed E-state index contributed by atoms with van der Waals surface area (Å²) in [6.07, 6.45) is 9.75. The van der Waals surface area contributed by atoms with Gasteiger partial charge in [-0.2, -0.15) is 0 Å². The third-order valence-electron chi connectivity index (χ3n) is 19.4.